The molecule has 5 nitrogen and oxygen atoms in total. The third-order valence-corrected chi connectivity index (χ3v) is 6.01. The number of aliphatic imine (C=N–C) groups is 1. The SMILES string of the molecule is CCCCCCCCc1ccc(NC(=O)C2=C(O)N3CCCN=C3S2)cc1. The van der Waals surface area contributed by atoms with Gasteiger partial charge in [0, 0.05) is 18.8 Å². The molecule has 1 aromatic carbocycles. The number of rotatable bonds is 9. The van der Waals surface area contributed by atoms with E-state index in [1.54, 1.807) is 4.90 Å². The van der Waals surface area contributed by atoms with E-state index in [2.05, 4.69) is 29.4 Å². The number of hydrogen-bond donors (Lipinski definition) is 2. The average molecular weight is 388 g/mol. The van der Waals surface area contributed by atoms with Crippen molar-refractivity contribution in [2.24, 2.45) is 4.99 Å². The van der Waals surface area contributed by atoms with Crippen molar-refractivity contribution >= 4 is 28.5 Å². The molecular formula is C21H29N3O2S. The molecule has 146 valence electrons. The normalized spacial score (nSPS) is 16.3. The molecule has 0 aromatic heterocycles. The Morgan fingerprint density at radius 1 is 1.19 bits per heavy atom. The van der Waals surface area contributed by atoms with Gasteiger partial charge >= 0.3 is 0 Å². The number of fused-ring (bicyclic) bond motifs is 1. The van der Waals surface area contributed by atoms with E-state index >= 15 is 0 Å². The first kappa shape index (κ1) is 19.8. The van der Waals surface area contributed by atoms with E-state index in [1.165, 1.54) is 55.9 Å². The Morgan fingerprint density at radius 2 is 1.93 bits per heavy atom. The Kier molecular flexibility index (Phi) is 7.21. The van der Waals surface area contributed by atoms with Gasteiger partial charge in [-0.15, -0.1) is 0 Å². The molecule has 6 heteroatoms. The van der Waals surface area contributed by atoms with Crippen LogP contribution < -0.4 is 5.32 Å². The van der Waals surface area contributed by atoms with Gasteiger partial charge in [0.05, 0.1) is 0 Å². The second-order valence-corrected chi connectivity index (χ2v) is 8.07. The number of benzene rings is 1. The highest BCUT2D eigenvalue weighted by Crippen LogP contribution is 2.35. The van der Waals surface area contributed by atoms with Crippen LogP contribution in [0.15, 0.2) is 40.0 Å². The number of nitrogens with one attached hydrogen (secondary N) is 1. The van der Waals surface area contributed by atoms with E-state index in [-0.39, 0.29) is 11.8 Å². The number of aryl methyl sites for hydroxylation is 1. The zero-order valence-electron chi connectivity index (χ0n) is 16.0. The van der Waals surface area contributed by atoms with Gasteiger partial charge in [0.25, 0.3) is 5.91 Å². The number of nitrogens with zero attached hydrogens (tertiary/aromatic N) is 2. The zero-order chi connectivity index (χ0) is 19.1. The molecule has 1 aromatic rings. The Bertz CT molecular complexity index is 713. The number of hydrogen-bond acceptors (Lipinski definition) is 5. The molecule has 0 saturated heterocycles. The van der Waals surface area contributed by atoms with Crippen LogP contribution in [0.25, 0.3) is 0 Å². The second-order valence-electron chi connectivity index (χ2n) is 7.09. The molecule has 0 saturated carbocycles. The lowest BCUT2D eigenvalue weighted by Gasteiger charge is -2.21. The number of unbranched alkanes of at least 4 members (excludes halogenated alkanes) is 5. The molecule has 2 aliphatic heterocycles. The van der Waals surface area contributed by atoms with Crippen LogP contribution in [0.5, 0.6) is 0 Å². The molecule has 0 bridgehead atoms. The first-order chi connectivity index (χ1) is 13.2. The van der Waals surface area contributed by atoms with Gasteiger partial charge < -0.3 is 10.4 Å². The summed E-state index contributed by atoms with van der Waals surface area (Å²) in [4.78, 5) is 18.9. The van der Waals surface area contributed by atoms with Crippen LogP contribution in [0.4, 0.5) is 5.69 Å². The maximum absolute atomic E-state index is 12.5. The third kappa shape index (κ3) is 5.28. The Labute approximate surface area is 165 Å². The summed E-state index contributed by atoms with van der Waals surface area (Å²) >= 11 is 1.25. The molecule has 0 aliphatic carbocycles. The van der Waals surface area contributed by atoms with E-state index < -0.39 is 0 Å². The average Bonchev–Trinajstić information content (AvgIpc) is 3.03. The van der Waals surface area contributed by atoms with Crippen LogP contribution in [0.3, 0.4) is 0 Å². The van der Waals surface area contributed by atoms with Gasteiger partial charge in [0.1, 0.15) is 4.91 Å². The Morgan fingerprint density at radius 3 is 2.67 bits per heavy atom. The van der Waals surface area contributed by atoms with Gasteiger partial charge in [-0.2, -0.15) is 0 Å². The number of aliphatic hydroxyl groups is 1. The van der Waals surface area contributed by atoms with Crippen molar-refractivity contribution in [2.45, 2.75) is 58.3 Å². The molecule has 2 heterocycles. The molecular weight excluding hydrogens is 358 g/mol. The maximum atomic E-state index is 12.5. The lowest BCUT2D eigenvalue weighted by molar-refractivity contribution is -0.112. The smallest absolute Gasteiger partial charge is 0.268 e. The summed E-state index contributed by atoms with van der Waals surface area (Å²) in [5, 5.41) is 13.9. The highest BCUT2D eigenvalue weighted by molar-refractivity contribution is 8.18. The highest BCUT2D eigenvalue weighted by Gasteiger charge is 2.34. The topological polar surface area (TPSA) is 64.9 Å². The number of carbonyl (C=O) groups excluding carboxylic acids is 1. The quantitative estimate of drug-likeness (QED) is 0.581. The molecule has 0 spiro atoms. The van der Waals surface area contributed by atoms with Crippen molar-refractivity contribution in [1.29, 1.82) is 0 Å². The largest absolute Gasteiger partial charge is 0.493 e. The van der Waals surface area contributed by atoms with E-state index in [0.29, 0.717) is 11.4 Å². The van der Waals surface area contributed by atoms with Gasteiger partial charge in [-0.3, -0.25) is 14.7 Å². The number of carbonyl (C=O) groups is 1. The molecule has 27 heavy (non-hydrogen) atoms. The molecule has 1 amide bonds. The second kappa shape index (κ2) is 9.83. The summed E-state index contributed by atoms with van der Waals surface area (Å²) < 4.78 is 0. The molecule has 0 atom stereocenters. The minimum atomic E-state index is -0.279. The van der Waals surface area contributed by atoms with Crippen molar-refractivity contribution in [1.82, 2.24) is 4.90 Å². The molecule has 0 unspecified atom stereocenters. The van der Waals surface area contributed by atoms with Crippen LogP contribution in [0.1, 0.15) is 57.4 Å². The van der Waals surface area contributed by atoms with Gasteiger partial charge in [-0.1, -0.05) is 51.2 Å². The van der Waals surface area contributed by atoms with Gasteiger partial charge in [-0.25, -0.2) is 0 Å². The fourth-order valence-corrected chi connectivity index (χ4v) is 4.30. The third-order valence-electron chi connectivity index (χ3n) is 4.91. The summed E-state index contributed by atoms with van der Waals surface area (Å²) in [5.74, 6) is -0.256. The van der Waals surface area contributed by atoms with Gasteiger partial charge in [0.15, 0.2) is 5.17 Å². The zero-order valence-corrected chi connectivity index (χ0v) is 16.9. The number of anilines is 1. The molecule has 2 N–H and O–H groups in total. The highest BCUT2D eigenvalue weighted by atomic mass is 32.2. The van der Waals surface area contributed by atoms with Gasteiger partial charge in [-0.05, 0) is 48.7 Å². The van der Waals surface area contributed by atoms with Crippen molar-refractivity contribution in [3.63, 3.8) is 0 Å². The lowest BCUT2D eigenvalue weighted by Crippen LogP contribution is -2.29. The standard InChI is InChI=1S/C21H29N3O2S/c1-2-3-4-5-6-7-9-16-10-12-17(13-11-16)23-19(25)18-20(26)24-15-8-14-22-21(24)27-18/h10-13,26H,2-9,14-15H2,1H3,(H,23,25). The van der Waals surface area contributed by atoms with Gasteiger partial charge in [0.2, 0.25) is 5.88 Å². The minimum Gasteiger partial charge on any atom is -0.493 e. The van der Waals surface area contributed by atoms with E-state index in [0.717, 1.165) is 30.2 Å². The van der Waals surface area contributed by atoms with Crippen LogP contribution in [-0.4, -0.2) is 34.2 Å². The summed E-state index contributed by atoms with van der Waals surface area (Å²) in [5.41, 5.74) is 2.05. The van der Waals surface area contributed by atoms with Crippen molar-refractivity contribution < 1.29 is 9.90 Å². The van der Waals surface area contributed by atoms with Crippen molar-refractivity contribution in [2.75, 3.05) is 18.4 Å². The van der Waals surface area contributed by atoms with Crippen LogP contribution >= 0.6 is 11.8 Å². The van der Waals surface area contributed by atoms with Crippen molar-refractivity contribution in [3.8, 4) is 0 Å². The molecule has 2 aliphatic rings. The molecule has 3 rings (SSSR count). The first-order valence-corrected chi connectivity index (χ1v) is 10.8. The van der Waals surface area contributed by atoms with E-state index in [9.17, 15) is 9.90 Å². The Balaban J connectivity index is 1.48. The number of amides is 1. The summed E-state index contributed by atoms with van der Waals surface area (Å²) in [6, 6.07) is 8.02. The van der Waals surface area contributed by atoms with Crippen molar-refractivity contribution in [3.05, 3.63) is 40.6 Å². The lowest BCUT2D eigenvalue weighted by atomic mass is 10.0. The first-order valence-electron chi connectivity index (χ1n) is 10.0. The predicted molar refractivity (Wildman–Crippen MR) is 113 cm³/mol. The molecule has 0 fully saturated rings. The minimum absolute atomic E-state index is 0.0237. The maximum Gasteiger partial charge on any atom is 0.268 e. The van der Waals surface area contributed by atoms with Crippen LogP contribution in [0, 0.1) is 0 Å². The van der Waals surface area contributed by atoms with E-state index in [4.69, 9.17) is 0 Å². The predicted octanol–water partition coefficient (Wildman–Crippen LogP) is 5.06. The monoisotopic (exact) mass is 387 g/mol. The van der Waals surface area contributed by atoms with E-state index in [1.807, 2.05) is 12.1 Å². The molecule has 0 radical (unpaired) electrons. The van der Waals surface area contributed by atoms with Crippen LogP contribution in [-0.2, 0) is 11.2 Å². The number of thioether (sulfide) groups is 1. The number of aliphatic hydroxyl groups excluding tert-OH is 1. The summed E-state index contributed by atoms with van der Waals surface area (Å²) in [7, 11) is 0. The van der Waals surface area contributed by atoms with Crippen LogP contribution in [0.2, 0.25) is 0 Å². The summed E-state index contributed by atoms with van der Waals surface area (Å²) in [6.07, 6.45) is 9.75. The fraction of sp³-hybridized carbons (Fsp3) is 0.524. The summed E-state index contributed by atoms with van der Waals surface area (Å²) in [6.45, 7) is 3.70. The number of amidine groups is 1. The Hall–Kier alpha value is -1.95. The fourth-order valence-electron chi connectivity index (χ4n) is 3.33.